The quantitative estimate of drug-likeness (QED) is 0.392. The third kappa shape index (κ3) is 5.98. The van der Waals surface area contributed by atoms with E-state index in [1.54, 1.807) is 0 Å². The second-order valence-corrected chi connectivity index (χ2v) is 6.50. The number of benzene rings is 2. The SMILES string of the molecule is C/C(=C/C(=O)OCc1ccccc1)Nc1ccc(CCO)cc1I. The molecule has 0 fully saturated rings. The summed E-state index contributed by atoms with van der Waals surface area (Å²) in [6.45, 7) is 2.22. The molecule has 0 aliphatic carbocycles. The summed E-state index contributed by atoms with van der Waals surface area (Å²) in [4.78, 5) is 11.9. The highest BCUT2D eigenvalue weighted by Gasteiger charge is 2.04. The Morgan fingerprint density at radius 2 is 1.96 bits per heavy atom. The number of rotatable bonds is 7. The molecule has 0 aromatic heterocycles. The van der Waals surface area contributed by atoms with Gasteiger partial charge in [0, 0.05) is 22.0 Å². The fourth-order valence-electron chi connectivity index (χ4n) is 2.14. The first kappa shape index (κ1) is 18.5. The molecule has 0 aliphatic rings. The lowest BCUT2D eigenvalue weighted by atomic mass is 10.1. The molecule has 2 N–H and O–H groups in total. The van der Waals surface area contributed by atoms with E-state index >= 15 is 0 Å². The van der Waals surface area contributed by atoms with Crippen molar-refractivity contribution in [2.45, 2.75) is 20.0 Å². The summed E-state index contributed by atoms with van der Waals surface area (Å²) in [7, 11) is 0. The predicted molar refractivity (Wildman–Crippen MR) is 104 cm³/mol. The highest BCUT2D eigenvalue weighted by Crippen LogP contribution is 2.21. The highest BCUT2D eigenvalue weighted by atomic mass is 127. The van der Waals surface area contributed by atoms with Crippen LogP contribution in [0, 0.1) is 3.57 Å². The van der Waals surface area contributed by atoms with Crippen molar-refractivity contribution in [2.75, 3.05) is 11.9 Å². The molecule has 0 radical (unpaired) electrons. The molecule has 0 bridgehead atoms. The number of aliphatic hydroxyl groups is 1. The molecule has 0 atom stereocenters. The Hall–Kier alpha value is -1.86. The second kappa shape index (κ2) is 9.44. The van der Waals surface area contributed by atoms with Crippen LogP contribution >= 0.6 is 22.6 Å². The summed E-state index contributed by atoms with van der Waals surface area (Å²) in [6, 6.07) is 15.5. The fourth-order valence-corrected chi connectivity index (χ4v) is 2.85. The predicted octanol–water partition coefficient (Wildman–Crippen LogP) is 3.89. The standard InChI is InChI=1S/C19H20INO3/c1-14(11-19(23)24-13-16-5-3-2-4-6-16)21-18-8-7-15(9-10-22)12-17(18)20/h2-8,11-12,21-22H,9-10,13H2,1H3/b14-11-. The molecule has 0 saturated heterocycles. The Balaban J connectivity index is 1.92. The molecule has 2 rings (SSSR count). The van der Waals surface area contributed by atoms with Crippen LogP contribution in [0.3, 0.4) is 0 Å². The number of hydrogen-bond acceptors (Lipinski definition) is 4. The van der Waals surface area contributed by atoms with Crippen LogP contribution < -0.4 is 5.32 Å². The van der Waals surface area contributed by atoms with E-state index in [1.807, 2.05) is 55.5 Å². The zero-order valence-corrected chi connectivity index (χ0v) is 15.6. The average Bonchev–Trinajstić information content (AvgIpc) is 2.57. The molecule has 4 nitrogen and oxygen atoms in total. The van der Waals surface area contributed by atoms with Crippen molar-refractivity contribution in [1.82, 2.24) is 0 Å². The molecule has 0 heterocycles. The Kier molecular flexibility index (Phi) is 7.27. The largest absolute Gasteiger partial charge is 0.458 e. The van der Waals surface area contributed by atoms with Gasteiger partial charge in [-0.1, -0.05) is 36.4 Å². The van der Waals surface area contributed by atoms with E-state index in [4.69, 9.17) is 9.84 Å². The van der Waals surface area contributed by atoms with Crippen molar-refractivity contribution >= 4 is 34.2 Å². The molecule has 2 aromatic carbocycles. The fraction of sp³-hybridized carbons (Fsp3) is 0.211. The first-order valence-electron chi connectivity index (χ1n) is 7.64. The monoisotopic (exact) mass is 437 g/mol. The Labute approximate surface area is 155 Å². The highest BCUT2D eigenvalue weighted by molar-refractivity contribution is 14.1. The number of hydrogen-bond donors (Lipinski definition) is 2. The lowest BCUT2D eigenvalue weighted by molar-refractivity contribution is -0.139. The maximum Gasteiger partial charge on any atom is 0.332 e. The zero-order chi connectivity index (χ0) is 17.4. The zero-order valence-electron chi connectivity index (χ0n) is 13.5. The summed E-state index contributed by atoms with van der Waals surface area (Å²) in [5.41, 5.74) is 3.66. The van der Waals surface area contributed by atoms with E-state index in [0.29, 0.717) is 12.1 Å². The van der Waals surface area contributed by atoms with Gasteiger partial charge in [-0.15, -0.1) is 0 Å². The topological polar surface area (TPSA) is 58.6 Å². The van der Waals surface area contributed by atoms with Crippen LogP contribution in [0.2, 0.25) is 0 Å². The minimum Gasteiger partial charge on any atom is -0.458 e. The van der Waals surface area contributed by atoms with Gasteiger partial charge in [0.15, 0.2) is 0 Å². The summed E-state index contributed by atoms with van der Waals surface area (Å²) in [5.74, 6) is -0.379. The first-order chi connectivity index (χ1) is 11.6. The van der Waals surface area contributed by atoms with Crippen LogP contribution in [-0.2, 0) is 22.6 Å². The normalized spacial score (nSPS) is 11.2. The molecule has 0 unspecified atom stereocenters. The molecule has 24 heavy (non-hydrogen) atoms. The van der Waals surface area contributed by atoms with Crippen molar-refractivity contribution in [1.29, 1.82) is 0 Å². The van der Waals surface area contributed by atoms with Crippen LogP contribution in [0.1, 0.15) is 18.1 Å². The minimum atomic E-state index is -0.379. The number of esters is 1. The molecule has 2 aromatic rings. The Morgan fingerprint density at radius 1 is 1.21 bits per heavy atom. The van der Waals surface area contributed by atoms with Crippen LogP contribution in [0.5, 0.6) is 0 Å². The molecular weight excluding hydrogens is 417 g/mol. The van der Waals surface area contributed by atoms with E-state index in [9.17, 15) is 4.79 Å². The van der Waals surface area contributed by atoms with Crippen molar-refractivity contribution < 1.29 is 14.6 Å². The number of carbonyl (C=O) groups is 1. The lowest BCUT2D eigenvalue weighted by Crippen LogP contribution is -2.05. The summed E-state index contributed by atoms with van der Waals surface area (Å²) >= 11 is 2.23. The third-order valence-electron chi connectivity index (χ3n) is 3.32. The molecule has 0 amide bonds. The van der Waals surface area contributed by atoms with Crippen LogP contribution in [-0.4, -0.2) is 17.7 Å². The van der Waals surface area contributed by atoms with Gasteiger partial charge in [-0.05, 0) is 59.2 Å². The number of carbonyl (C=O) groups excluding carboxylic acids is 1. The summed E-state index contributed by atoms with van der Waals surface area (Å²) in [5, 5.41) is 12.2. The first-order valence-corrected chi connectivity index (χ1v) is 8.71. The molecular formula is C19H20INO3. The number of halogens is 1. The van der Waals surface area contributed by atoms with Crippen molar-refractivity contribution in [3.63, 3.8) is 0 Å². The van der Waals surface area contributed by atoms with E-state index in [1.165, 1.54) is 6.08 Å². The third-order valence-corrected chi connectivity index (χ3v) is 4.22. The maximum absolute atomic E-state index is 11.9. The Bertz CT molecular complexity index is 714. The number of aliphatic hydroxyl groups excluding tert-OH is 1. The van der Waals surface area contributed by atoms with Gasteiger partial charge in [0.25, 0.3) is 0 Å². The van der Waals surface area contributed by atoms with Crippen LogP contribution in [0.4, 0.5) is 5.69 Å². The van der Waals surface area contributed by atoms with Crippen molar-refractivity contribution in [2.24, 2.45) is 0 Å². The van der Waals surface area contributed by atoms with E-state index in [-0.39, 0.29) is 19.2 Å². The minimum absolute atomic E-state index is 0.134. The number of anilines is 1. The van der Waals surface area contributed by atoms with Gasteiger partial charge in [0.05, 0.1) is 5.69 Å². The molecule has 0 spiro atoms. The van der Waals surface area contributed by atoms with E-state index < -0.39 is 0 Å². The lowest BCUT2D eigenvalue weighted by Gasteiger charge is -2.10. The molecule has 5 heteroatoms. The number of allylic oxidation sites excluding steroid dienone is 1. The van der Waals surface area contributed by atoms with Gasteiger partial charge < -0.3 is 15.2 Å². The smallest absolute Gasteiger partial charge is 0.332 e. The number of nitrogens with one attached hydrogen (secondary N) is 1. The van der Waals surface area contributed by atoms with Crippen molar-refractivity contribution in [3.8, 4) is 0 Å². The van der Waals surface area contributed by atoms with Gasteiger partial charge >= 0.3 is 5.97 Å². The second-order valence-electron chi connectivity index (χ2n) is 5.33. The average molecular weight is 437 g/mol. The summed E-state index contributed by atoms with van der Waals surface area (Å²) in [6.07, 6.45) is 2.08. The van der Waals surface area contributed by atoms with Crippen molar-refractivity contribution in [3.05, 3.63) is 75.0 Å². The van der Waals surface area contributed by atoms with Crippen LogP contribution in [0.15, 0.2) is 60.3 Å². The molecule has 126 valence electrons. The molecule has 0 saturated carbocycles. The van der Waals surface area contributed by atoms with Crippen LogP contribution in [0.25, 0.3) is 0 Å². The van der Waals surface area contributed by atoms with Gasteiger partial charge in [-0.25, -0.2) is 4.79 Å². The van der Waals surface area contributed by atoms with Gasteiger partial charge in [0.1, 0.15) is 6.61 Å². The van der Waals surface area contributed by atoms with E-state index in [0.717, 1.165) is 20.4 Å². The summed E-state index contributed by atoms with van der Waals surface area (Å²) < 4.78 is 6.26. The number of ether oxygens (including phenoxy) is 1. The van der Waals surface area contributed by atoms with Gasteiger partial charge in [-0.2, -0.15) is 0 Å². The van der Waals surface area contributed by atoms with Gasteiger partial charge in [-0.3, -0.25) is 0 Å². The maximum atomic E-state index is 11.9. The Morgan fingerprint density at radius 3 is 2.62 bits per heavy atom. The van der Waals surface area contributed by atoms with E-state index in [2.05, 4.69) is 27.9 Å². The van der Waals surface area contributed by atoms with Gasteiger partial charge in [0.2, 0.25) is 0 Å². The molecule has 0 aliphatic heterocycles.